The molecule has 1 aromatic carbocycles. The molecule has 0 unspecified atom stereocenters. The molecule has 19 heavy (non-hydrogen) atoms. The molecule has 1 aliphatic carbocycles. The van der Waals surface area contributed by atoms with Crippen molar-refractivity contribution in [3.8, 4) is 0 Å². The van der Waals surface area contributed by atoms with E-state index in [0.717, 1.165) is 24.9 Å². The summed E-state index contributed by atoms with van der Waals surface area (Å²) in [4.78, 5) is 14.0. The lowest BCUT2D eigenvalue weighted by molar-refractivity contribution is -0.130. The van der Waals surface area contributed by atoms with Crippen LogP contribution in [0.15, 0.2) is 24.3 Å². The van der Waals surface area contributed by atoms with Crippen LogP contribution in [0.5, 0.6) is 0 Å². The van der Waals surface area contributed by atoms with Crippen LogP contribution in [0.4, 0.5) is 4.39 Å². The van der Waals surface area contributed by atoms with Crippen LogP contribution in [0, 0.1) is 5.82 Å². The van der Waals surface area contributed by atoms with Gasteiger partial charge in [-0.05, 0) is 44.4 Å². The number of carbonyl (C=O) groups is 1. The average molecular weight is 264 g/mol. The van der Waals surface area contributed by atoms with E-state index in [9.17, 15) is 9.18 Å². The topological polar surface area (TPSA) is 32.3 Å². The Bertz CT molecular complexity index is 446. The number of rotatable bonds is 6. The molecule has 1 atom stereocenters. The van der Waals surface area contributed by atoms with Crippen LogP contribution in [0.3, 0.4) is 0 Å². The Morgan fingerprint density at radius 2 is 2.26 bits per heavy atom. The van der Waals surface area contributed by atoms with Gasteiger partial charge in [-0.15, -0.1) is 0 Å². The van der Waals surface area contributed by atoms with Gasteiger partial charge < -0.3 is 10.2 Å². The minimum Gasteiger partial charge on any atom is -0.339 e. The number of hydrogen-bond donors (Lipinski definition) is 1. The number of amides is 1. The van der Waals surface area contributed by atoms with Crippen molar-refractivity contribution in [2.75, 3.05) is 13.1 Å². The summed E-state index contributed by atoms with van der Waals surface area (Å²) in [6.07, 6.45) is 2.25. The highest BCUT2D eigenvalue weighted by Gasteiger charge is 2.31. The molecule has 0 bridgehead atoms. The van der Waals surface area contributed by atoms with Crippen molar-refractivity contribution < 1.29 is 9.18 Å². The van der Waals surface area contributed by atoms with Gasteiger partial charge in [0.1, 0.15) is 5.82 Å². The van der Waals surface area contributed by atoms with Gasteiger partial charge in [0.15, 0.2) is 0 Å². The van der Waals surface area contributed by atoms with Crippen LogP contribution in [0.2, 0.25) is 0 Å². The molecule has 1 amide bonds. The van der Waals surface area contributed by atoms with Gasteiger partial charge in [0.25, 0.3) is 0 Å². The van der Waals surface area contributed by atoms with Crippen LogP contribution in [-0.4, -0.2) is 29.9 Å². The molecular formula is C15H21FN2O. The second-order valence-electron chi connectivity index (χ2n) is 5.07. The SMILES string of the molecule is CCN(C(=O)CN[C@H](C)c1cccc(F)c1)C1CC1. The Morgan fingerprint density at radius 3 is 2.84 bits per heavy atom. The Labute approximate surface area is 113 Å². The monoisotopic (exact) mass is 264 g/mol. The fraction of sp³-hybridized carbons (Fsp3) is 0.533. The largest absolute Gasteiger partial charge is 0.339 e. The molecule has 1 aromatic rings. The molecule has 0 spiro atoms. The summed E-state index contributed by atoms with van der Waals surface area (Å²) in [6.45, 7) is 5.02. The lowest BCUT2D eigenvalue weighted by Crippen LogP contribution is -2.40. The minimum absolute atomic E-state index is 0.0300. The zero-order chi connectivity index (χ0) is 13.8. The lowest BCUT2D eigenvalue weighted by Gasteiger charge is -2.22. The van der Waals surface area contributed by atoms with Gasteiger partial charge in [-0.2, -0.15) is 0 Å². The third-order valence-corrected chi connectivity index (χ3v) is 3.56. The quantitative estimate of drug-likeness (QED) is 0.856. The molecule has 0 saturated heterocycles. The Kier molecular flexibility index (Phi) is 4.53. The predicted molar refractivity (Wildman–Crippen MR) is 73.2 cm³/mol. The molecule has 1 N–H and O–H groups in total. The van der Waals surface area contributed by atoms with Crippen molar-refractivity contribution in [3.63, 3.8) is 0 Å². The van der Waals surface area contributed by atoms with Crippen LogP contribution in [0.25, 0.3) is 0 Å². The average Bonchev–Trinajstić information content (AvgIpc) is 3.21. The zero-order valence-electron chi connectivity index (χ0n) is 11.5. The highest BCUT2D eigenvalue weighted by atomic mass is 19.1. The summed E-state index contributed by atoms with van der Waals surface area (Å²) in [5.41, 5.74) is 0.863. The first-order valence-electron chi connectivity index (χ1n) is 6.90. The maximum Gasteiger partial charge on any atom is 0.236 e. The van der Waals surface area contributed by atoms with Crippen LogP contribution < -0.4 is 5.32 Å². The first-order valence-corrected chi connectivity index (χ1v) is 6.90. The van der Waals surface area contributed by atoms with E-state index in [4.69, 9.17) is 0 Å². The summed E-state index contributed by atoms with van der Waals surface area (Å²) in [7, 11) is 0. The van der Waals surface area contributed by atoms with Crippen molar-refractivity contribution in [2.24, 2.45) is 0 Å². The zero-order valence-corrected chi connectivity index (χ0v) is 11.5. The maximum atomic E-state index is 13.1. The number of halogens is 1. The smallest absolute Gasteiger partial charge is 0.236 e. The van der Waals surface area contributed by atoms with E-state index in [0.29, 0.717) is 12.6 Å². The molecule has 4 heteroatoms. The fourth-order valence-electron chi connectivity index (χ4n) is 2.26. The number of carbonyl (C=O) groups excluding carboxylic acids is 1. The number of hydrogen-bond acceptors (Lipinski definition) is 2. The van der Waals surface area contributed by atoms with E-state index in [2.05, 4.69) is 5.32 Å². The summed E-state index contributed by atoms with van der Waals surface area (Å²) in [5.74, 6) is -0.112. The highest BCUT2D eigenvalue weighted by Crippen LogP contribution is 2.26. The van der Waals surface area contributed by atoms with Gasteiger partial charge in [-0.25, -0.2) is 4.39 Å². The molecular weight excluding hydrogens is 243 g/mol. The van der Waals surface area contributed by atoms with E-state index in [1.807, 2.05) is 24.8 Å². The van der Waals surface area contributed by atoms with Crippen LogP contribution in [-0.2, 0) is 4.79 Å². The molecule has 3 nitrogen and oxygen atoms in total. The standard InChI is InChI=1S/C15H21FN2O/c1-3-18(14-7-8-14)15(19)10-17-11(2)12-5-4-6-13(16)9-12/h4-6,9,11,14,17H,3,7-8,10H2,1-2H3/t11-/m1/s1. The molecule has 1 saturated carbocycles. The Hall–Kier alpha value is -1.42. The number of nitrogens with zero attached hydrogens (tertiary/aromatic N) is 1. The highest BCUT2D eigenvalue weighted by molar-refractivity contribution is 5.79. The van der Waals surface area contributed by atoms with Crippen molar-refractivity contribution in [2.45, 2.75) is 38.8 Å². The summed E-state index contributed by atoms with van der Waals surface area (Å²) >= 11 is 0. The summed E-state index contributed by atoms with van der Waals surface area (Å²) in [6, 6.07) is 6.89. The molecule has 0 aliphatic heterocycles. The second kappa shape index (κ2) is 6.15. The van der Waals surface area contributed by atoms with Crippen LogP contribution in [0.1, 0.15) is 38.3 Å². The van der Waals surface area contributed by atoms with E-state index < -0.39 is 0 Å². The molecule has 0 aromatic heterocycles. The van der Waals surface area contributed by atoms with Crippen molar-refractivity contribution >= 4 is 5.91 Å². The minimum atomic E-state index is -0.245. The Balaban J connectivity index is 1.85. The molecule has 104 valence electrons. The van der Waals surface area contributed by atoms with Gasteiger partial charge in [0.05, 0.1) is 6.54 Å². The number of benzene rings is 1. The van der Waals surface area contributed by atoms with Crippen LogP contribution >= 0.6 is 0 Å². The summed E-state index contributed by atoms with van der Waals surface area (Å²) < 4.78 is 13.1. The number of likely N-dealkylation sites (N-methyl/N-ethyl adjacent to an activating group) is 1. The molecule has 2 rings (SSSR count). The first kappa shape index (κ1) is 14.0. The van der Waals surface area contributed by atoms with Gasteiger partial charge in [0, 0.05) is 18.6 Å². The first-order chi connectivity index (χ1) is 9.11. The van der Waals surface area contributed by atoms with Gasteiger partial charge >= 0.3 is 0 Å². The summed E-state index contributed by atoms with van der Waals surface area (Å²) in [5, 5.41) is 3.17. The van der Waals surface area contributed by atoms with Crippen molar-refractivity contribution in [1.82, 2.24) is 10.2 Å². The second-order valence-corrected chi connectivity index (χ2v) is 5.07. The maximum absolute atomic E-state index is 13.1. The molecule has 1 fully saturated rings. The lowest BCUT2D eigenvalue weighted by atomic mass is 10.1. The van der Waals surface area contributed by atoms with E-state index in [1.54, 1.807) is 6.07 Å². The van der Waals surface area contributed by atoms with Gasteiger partial charge in [-0.1, -0.05) is 12.1 Å². The predicted octanol–water partition coefficient (Wildman–Crippen LogP) is 2.49. The Morgan fingerprint density at radius 1 is 1.53 bits per heavy atom. The van der Waals surface area contributed by atoms with Crippen molar-refractivity contribution in [1.29, 1.82) is 0 Å². The number of nitrogens with one attached hydrogen (secondary N) is 1. The van der Waals surface area contributed by atoms with E-state index >= 15 is 0 Å². The molecule has 0 heterocycles. The molecule has 0 radical (unpaired) electrons. The van der Waals surface area contributed by atoms with Gasteiger partial charge in [-0.3, -0.25) is 4.79 Å². The third-order valence-electron chi connectivity index (χ3n) is 3.56. The molecule has 1 aliphatic rings. The fourth-order valence-corrected chi connectivity index (χ4v) is 2.26. The van der Waals surface area contributed by atoms with Gasteiger partial charge in [0.2, 0.25) is 5.91 Å². The van der Waals surface area contributed by atoms with Crippen molar-refractivity contribution in [3.05, 3.63) is 35.6 Å². The van der Waals surface area contributed by atoms with E-state index in [1.165, 1.54) is 12.1 Å². The third kappa shape index (κ3) is 3.77. The normalized spacial score (nSPS) is 16.2. The van der Waals surface area contributed by atoms with E-state index in [-0.39, 0.29) is 17.8 Å².